The van der Waals surface area contributed by atoms with Crippen LogP contribution in [0.15, 0.2) is 77.6 Å². The molecule has 1 N–H and O–H groups in total. The predicted octanol–water partition coefficient (Wildman–Crippen LogP) is 2.83. The number of aryl methyl sites for hydroxylation is 2. The van der Waals surface area contributed by atoms with E-state index >= 15 is 0 Å². The van der Waals surface area contributed by atoms with Crippen molar-refractivity contribution >= 4 is 26.7 Å². The van der Waals surface area contributed by atoms with Crippen molar-refractivity contribution in [3.8, 4) is 17.2 Å². The minimum Gasteiger partial charge on any atom is -0.480 e. The van der Waals surface area contributed by atoms with Crippen LogP contribution in [-0.2, 0) is 27.6 Å². The average Bonchev–Trinajstić information content (AvgIpc) is 2.89. The third-order valence-corrected chi connectivity index (χ3v) is 8.00. The van der Waals surface area contributed by atoms with Crippen molar-refractivity contribution in [2.45, 2.75) is 24.6 Å². The second-order valence-corrected chi connectivity index (χ2v) is 10.6. The van der Waals surface area contributed by atoms with Gasteiger partial charge >= 0.3 is 5.97 Å². The maximum Gasteiger partial charge on any atom is 0.321 e. The summed E-state index contributed by atoms with van der Waals surface area (Å²) in [5, 5.41) is 24.9. The van der Waals surface area contributed by atoms with Crippen LogP contribution in [0, 0.1) is 11.3 Å². The molecule has 0 radical (unpaired) electrons. The number of carboxylic acid groups (broad SMARTS) is 1. The molecule has 0 bridgehead atoms. The molecule has 0 aliphatic carbocycles. The minimum atomic E-state index is -4.01. The quantitative estimate of drug-likeness (QED) is 0.368. The van der Waals surface area contributed by atoms with E-state index < -0.39 is 26.6 Å². The van der Waals surface area contributed by atoms with Gasteiger partial charge in [0.1, 0.15) is 5.52 Å². The van der Waals surface area contributed by atoms with Crippen LogP contribution < -0.4 is 5.56 Å². The summed E-state index contributed by atoms with van der Waals surface area (Å²) >= 11 is 0. The minimum absolute atomic E-state index is 0.148. The zero-order chi connectivity index (χ0) is 25.7. The number of aliphatic carboxylic acids is 1. The number of sulfone groups is 1. The van der Waals surface area contributed by atoms with Crippen molar-refractivity contribution in [1.29, 1.82) is 5.26 Å². The van der Waals surface area contributed by atoms with Crippen LogP contribution in [0.4, 0.5) is 0 Å². The smallest absolute Gasteiger partial charge is 0.321 e. The lowest BCUT2D eigenvalue weighted by Gasteiger charge is -2.14. The molecular formula is C26H22N4O5S. The predicted molar refractivity (Wildman–Crippen MR) is 134 cm³/mol. The van der Waals surface area contributed by atoms with Gasteiger partial charge in [0.25, 0.3) is 5.56 Å². The number of hydrogen-bond acceptors (Lipinski definition) is 7. The fraction of sp³-hybridized carbons (Fsp3) is 0.192. The molecule has 0 amide bonds. The fourth-order valence-electron chi connectivity index (χ4n) is 3.87. The van der Waals surface area contributed by atoms with E-state index in [1.807, 2.05) is 24.3 Å². The maximum atomic E-state index is 12.9. The van der Waals surface area contributed by atoms with Crippen molar-refractivity contribution < 1.29 is 18.3 Å². The summed E-state index contributed by atoms with van der Waals surface area (Å²) in [6.45, 7) is -0.188. The number of fused-ring (bicyclic) bond motifs is 1. The lowest BCUT2D eigenvalue weighted by molar-refractivity contribution is -0.136. The van der Waals surface area contributed by atoms with Gasteiger partial charge in [-0.1, -0.05) is 53.7 Å². The fourth-order valence-corrected chi connectivity index (χ4v) is 5.45. The van der Waals surface area contributed by atoms with E-state index in [-0.39, 0.29) is 25.1 Å². The molecule has 1 unspecified atom stereocenters. The third kappa shape index (κ3) is 5.47. The van der Waals surface area contributed by atoms with E-state index in [0.717, 1.165) is 21.4 Å². The molecule has 0 saturated heterocycles. The first kappa shape index (κ1) is 24.8. The Morgan fingerprint density at radius 2 is 1.64 bits per heavy atom. The Balaban J connectivity index is 1.43. The molecule has 182 valence electrons. The van der Waals surface area contributed by atoms with Gasteiger partial charge in [0.15, 0.2) is 15.1 Å². The van der Waals surface area contributed by atoms with E-state index in [0.29, 0.717) is 16.5 Å². The van der Waals surface area contributed by atoms with Gasteiger partial charge in [0.05, 0.1) is 22.8 Å². The number of benzene rings is 3. The monoisotopic (exact) mass is 502 g/mol. The number of carbonyl (C=O) groups is 1. The molecule has 1 atom stereocenters. The van der Waals surface area contributed by atoms with E-state index in [2.05, 4.69) is 16.4 Å². The normalized spacial score (nSPS) is 12.2. The van der Waals surface area contributed by atoms with Crippen LogP contribution in [0.2, 0.25) is 0 Å². The number of aromatic nitrogens is 3. The Bertz CT molecular complexity index is 1610. The summed E-state index contributed by atoms with van der Waals surface area (Å²) in [6, 6.07) is 23.1. The Labute approximate surface area is 207 Å². The summed E-state index contributed by atoms with van der Waals surface area (Å²) in [6.07, 6.45) is -0.155. The average molecular weight is 503 g/mol. The molecule has 10 heteroatoms. The molecule has 0 aliphatic rings. The van der Waals surface area contributed by atoms with E-state index in [1.165, 1.54) is 0 Å². The molecule has 0 fully saturated rings. The summed E-state index contributed by atoms with van der Waals surface area (Å²) in [7, 11) is -4.01. The molecule has 36 heavy (non-hydrogen) atoms. The summed E-state index contributed by atoms with van der Waals surface area (Å²) in [4.78, 5) is 24.4. The molecule has 0 spiro atoms. The van der Waals surface area contributed by atoms with Crippen molar-refractivity contribution in [1.82, 2.24) is 15.0 Å². The van der Waals surface area contributed by atoms with E-state index in [4.69, 9.17) is 5.26 Å². The first-order chi connectivity index (χ1) is 17.3. The van der Waals surface area contributed by atoms with Crippen molar-refractivity contribution in [2.24, 2.45) is 0 Å². The van der Waals surface area contributed by atoms with Gasteiger partial charge in [-0.2, -0.15) is 5.26 Å². The first-order valence-electron chi connectivity index (χ1n) is 11.1. The molecule has 1 heterocycles. The van der Waals surface area contributed by atoms with Gasteiger partial charge in [0, 0.05) is 6.54 Å². The molecule has 4 rings (SSSR count). The second kappa shape index (κ2) is 10.5. The summed E-state index contributed by atoms with van der Waals surface area (Å²) in [5.74, 6) is -1.81. The Kier molecular flexibility index (Phi) is 7.22. The highest BCUT2D eigenvalue weighted by molar-refractivity contribution is 7.92. The van der Waals surface area contributed by atoms with Gasteiger partial charge < -0.3 is 5.11 Å². The Morgan fingerprint density at radius 3 is 2.28 bits per heavy atom. The summed E-state index contributed by atoms with van der Waals surface area (Å²) in [5.41, 5.74) is 3.10. The van der Waals surface area contributed by atoms with E-state index in [9.17, 15) is 23.1 Å². The number of nitrogens with zero attached hydrogens (tertiary/aromatic N) is 4. The van der Waals surface area contributed by atoms with Gasteiger partial charge in [-0.3, -0.25) is 9.59 Å². The maximum absolute atomic E-state index is 12.9. The lowest BCUT2D eigenvalue weighted by atomic mass is 10.0. The molecular weight excluding hydrogens is 480 g/mol. The van der Waals surface area contributed by atoms with Crippen LogP contribution in [0.25, 0.3) is 22.0 Å². The van der Waals surface area contributed by atoms with Crippen molar-refractivity contribution in [2.75, 3.05) is 5.75 Å². The zero-order valence-corrected chi connectivity index (χ0v) is 19.9. The topological polar surface area (TPSA) is 143 Å². The molecule has 0 saturated carbocycles. The lowest BCUT2D eigenvalue weighted by Crippen LogP contribution is -2.35. The van der Waals surface area contributed by atoms with Crippen LogP contribution in [0.1, 0.15) is 17.5 Å². The van der Waals surface area contributed by atoms with Gasteiger partial charge in [-0.15, -0.1) is 5.10 Å². The highest BCUT2D eigenvalue weighted by atomic mass is 32.2. The largest absolute Gasteiger partial charge is 0.480 e. The highest BCUT2D eigenvalue weighted by Crippen LogP contribution is 2.21. The molecule has 1 aromatic heterocycles. The zero-order valence-electron chi connectivity index (χ0n) is 19.1. The molecule has 0 aliphatic heterocycles. The molecule has 3 aromatic carbocycles. The van der Waals surface area contributed by atoms with Crippen LogP contribution >= 0.6 is 0 Å². The second-order valence-electron chi connectivity index (χ2n) is 8.25. The molecule has 4 aromatic rings. The SMILES string of the molecule is N#Cc1ccc(-c2ccc(CCS(=O)(=O)C(CCn3nnc4ccccc4c3=O)C(=O)O)cc2)cc1. The molecule has 9 nitrogen and oxygen atoms in total. The highest BCUT2D eigenvalue weighted by Gasteiger charge is 2.32. The third-order valence-electron chi connectivity index (χ3n) is 5.92. The van der Waals surface area contributed by atoms with Crippen LogP contribution in [0.3, 0.4) is 0 Å². The van der Waals surface area contributed by atoms with Crippen LogP contribution in [-0.4, -0.2) is 45.5 Å². The number of nitriles is 1. The van der Waals surface area contributed by atoms with Gasteiger partial charge in [-0.25, -0.2) is 13.1 Å². The van der Waals surface area contributed by atoms with Crippen molar-refractivity contribution in [3.05, 3.63) is 94.3 Å². The van der Waals surface area contributed by atoms with Gasteiger partial charge in [0.2, 0.25) is 0 Å². The number of carboxylic acids is 1. The standard InChI is InChI=1S/C26H22N4O5S/c27-17-19-7-11-21(12-8-19)20-9-5-18(6-10-20)14-16-36(34,35)24(26(32)33)13-15-30-25(31)22-3-1-2-4-23(22)28-29-30/h1-12,24H,13-16H2,(H,32,33). The van der Waals surface area contributed by atoms with Crippen molar-refractivity contribution in [3.63, 3.8) is 0 Å². The number of hydrogen-bond donors (Lipinski definition) is 1. The van der Waals surface area contributed by atoms with Gasteiger partial charge in [-0.05, 0) is 53.8 Å². The first-order valence-corrected chi connectivity index (χ1v) is 12.9. The Morgan fingerprint density at radius 1 is 1.00 bits per heavy atom. The number of rotatable bonds is 9. The Hall–Kier alpha value is -4.36. The summed E-state index contributed by atoms with van der Waals surface area (Å²) < 4.78 is 26.8. The van der Waals surface area contributed by atoms with E-state index in [1.54, 1.807) is 48.5 Å². The van der Waals surface area contributed by atoms with Crippen LogP contribution in [0.5, 0.6) is 0 Å².